The Bertz CT molecular complexity index is 121. The molecular weight excluding hydrogens is 160 g/mol. The first-order valence-corrected chi connectivity index (χ1v) is 4.49. The normalized spacial score (nSPS) is 13.6. The van der Waals surface area contributed by atoms with Crippen molar-refractivity contribution >= 4 is 17.9 Å². The molecule has 1 atom stereocenters. The fraction of sp³-hybridized carbons (Fsp3) is 0.667. The van der Waals surface area contributed by atoms with Gasteiger partial charge in [0.25, 0.3) is 0 Å². The molecule has 0 aliphatic rings. The Hall–Kier alpha value is -0.300. The molecule has 0 aromatic heterocycles. The van der Waals surface area contributed by atoms with Crippen LogP contribution in [0.15, 0.2) is 12.2 Å². The molecule has 0 heterocycles. The lowest BCUT2D eigenvalue weighted by Gasteiger charge is -1.97. The van der Waals surface area contributed by atoms with Crippen LogP contribution in [0.4, 0.5) is 0 Å². The van der Waals surface area contributed by atoms with Crippen molar-refractivity contribution < 1.29 is 4.79 Å². The number of halogens is 1. The predicted octanol–water partition coefficient (Wildman–Crippen LogP) is 2.93. The summed E-state index contributed by atoms with van der Waals surface area (Å²) < 4.78 is 0. The summed E-state index contributed by atoms with van der Waals surface area (Å²) in [7, 11) is 0. The van der Waals surface area contributed by atoms with E-state index in [0.717, 1.165) is 32.0 Å². The minimum atomic E-state index is -0.287. The topological polar surface area (TPSA) is 17.1 Å². The molecule has 0 saturated heterocycles. The van der Waals surface area contributed by atoms with E-state index in [0.29, 0.717) is 0 Å². The van der Waals surface area contributed by atoms with Crippen LogP contribution in [0, 0.1) is 0 Å². The fourth-order valence-electron chi connectivity index (χ4n) is 0.783. The number of aldehydes is 1. The van der Waals surface area contributed by atoms with Crippen molar-refractivity contribution in [3.8, 4) is 0 Å². The van der Waals surface area contributed by atoms with Crippen molar-refractivity contribution in [2.45, 2.75) is 38.0 Å². The zero-order valence-corrected chi connectivity index (χ0v) is 7.68. The fourth-order valence-corrected chi connectivity index (χ4v) is 0.938. The zero-order chi connectivity index (χ0) is 8.53. The molecule has 0 radical (unpaired) electrons. The lowest BCUT2D eigenvalue weighted by Crippen LogP contribution is -1.97. The monoisotopic (exact) mass is 174 g/mol. The van der Waals surface area contributed by atoms with Crippen molar-refractivity contribution in [3.05, 3.63) is 12.2 Å². The third kappa shape index (κ3) is 7.60. The summed E-state index contributed by atoms with van der Waals surface area (Å²) in [6, 6.07) is 0. The number of hydrogen-bond acceptors (Lipinski definition) is 1. The van der Waals surface area contributed by atoms with E-state index in [1.807, 2.05) is 0 Å². The number of allylic oxidation sites excluding steroid dienone is 2. The van der Waals surface area contributed by atoms with E-state index in [2.05, 4.69) is 19.1 Å². The molecule has 0 bridgehead atoms. The lowest BCUT2D eigenvalue weighted by atomic mass is 10.2. The van der Waals surface area contributed by atoms with E-state index < -0.39 is 0 Å². The molecule has 0 saturated carbocycles. The maximum absolute atomic E-state index is 10.1. The van der Waals surface area contributed by atoms with Crippen molar-refractivity contribution in [1.82, 2.24) is 0 Å². The summed E-state index contributed by atoms with van der Waals surface area (Å²) in [4.78, 5) is 10.1. The number of carbonyl (C=O) groups is 1. The van der Waals surface area contributed by atoms with Gasteiger partial charge in [-0.05, 0) is 25.7 Å². The minimum absolute atomic E-state index is 0.287. The standard InChI is InChI=1S/C9H15ClO/c1-2-3-4-5-6-7-9(10)8-11/h3-4,8-9H,2,5-7H2,1H3. The van der Waals surface area contributed by atoms with Crippen molar-refractivity contribution in [3.63, 3.8) is 0 Å². The lowest BCUT2D eigenvalue weighted by molar-refractivity contribution is -0.107. The molecule has 11 heavy (non-hydrogen) atoms. The first kappa shape index (κ1) is 10.7. The highest BCUT2D eigenvalue weighted by molar-refractivity contribution is 6.27. The van der Waals surface area contributed by atoms with Crippen LogP contribution < -0.4 is 0 Å². The predicted molar refractivity (Wildman–Crippen MR) is 49.0 cm³/mol. The van der Waals surface area contributed by atoms with E-state index in [1.54, 1.807) is 0 Å². The van der Waals surface area contributed by atoms with Crippen LogP contribution >= 0.6 is 11.6 Å². The number of unbranched alkanes of at least 4 members (excludes halogenated alkanes) is 1. The van der Waals surface area contributed by atoms with E-state index in [-0.39, 0.29) is 5.38 Å². The highest BCUT2D eigenvalue weighted by Crippen LogP contribution is 2.05. The minimum Gasteiger partial charge on any atom is -0.302 e. The van der Waals surface area contributed by atoms with E-state index in [1.165, 1.54) is 0 Å². The van der Waals surface area contributed by atoms with Gasteiger partial charge in [0, 0.05) is 0 Å². The van der Waals surface area contributed by atoms with Gasteiger partial charge in [-0.15, -0.1) is 11.6 Å². The summed E-state index contributed by atoms with van der Waals surface area (Å²) in [6.45, 7) is 2.10. The van der Waals surface area contributed by atoms with Crippen LogP contribution in [-0.4, -0.2) is 11.7 Å². The van der Waals surface area contributed by atoms with Gasteiger partial charge < -0.3 is 4.79 Å². The third-order valence-corrected chi connectivity index (χ3v) is 1.72. The van der Waals surface area contributed by atoms with Crippen LogP contribution in [0.5, 0.6) is 0 Å². The molecule has 0 rings (SSSR count). The van der Waals surface area contributed by atoms with Gasteiger partial charge in [-0.25, -0.2) is 0 Å². The highest BCUT2D eigenvalue weighted by atomic mass is 35.5. The average molecular weight is 175 g/mol. The Labute approximate surface area is 73.4 Å². The molecule has 2 heteroatoms. The molecule has 0 aromatic rings. The second-order valence-electron chi connectivity index (χ2n) is 2.46. The molecule has 0 aliphatic carbocycles. The van der Waals surface area contributed by atoms with Gasteiger partial charge in [0.1, 0.15) is 6.29 Å². The Morgan fingerprint density at radius 1 is 1.45 bits per heavy atom. The summed E-state index contributed by atoms with van der Waals surface area (Å²) >= 11 is 5.59. The van der Waals surface area contributed by atoms with Gasteiger partial charge >= 0.3 is 0 Å². The second-order valence-corrected chi connectivity index (χ2v) is 3.02. The summed E-state index contributed by atoms with van der Waals surface area (Å²) in [5.41, 5.74) is 0. The number of hydrogen-bond donors (Lipinski definition) is 0. The second kappa shape index (κ2) is 7.80. The Morgan fingerprint density at radius 2 is 2.18 bits per heavy atom. The van der Waals surface area contributed by atoms with Gasteiger partial charge in [0.2, 0.25) is 0 Å². The zero-order valence-electron chi connectivity index (χ0n) is 6.92. The van der Waals surface area contributed by atoms with Crippen LogP contribution in [0.1, 0.15) is 32.6 Å². The maximum atomic E-state index is 10.1. The molecule has 0 amide bonds. The van der Waals surface area contributed by atoms with Crippen LogP contribution in [0.25, 0.3) is 0 Å². The number of rotatable bonds is 6. The van der Waals surface area contributed by atoms with Crippen LogP contribution in [0.2, 0.25) is 0 Å². The smallest absolute Gasteiger partial charge is 0.137 e. The van der Waals surface area contributed by atoms with Crippen LogP contribution in [-0.2, 0) is 4.79 Å². The highest BCUT2D eigenvalue weighted by Gasteiger charge is 1.98. The summed E-state index contributed by atoms with van der Waals surface area (Å²) in [5, 5.41) is -0.287. The van der Waals surface area contributed by atoms with E-state index in [9.17, 15) is 4.79 Å². The van der Waals surface area contributed by atoms with E-state index in [4.69, 9.17) is 11.6 Å². The van der Waals surface area contributed by atoms with Gasteiger partial charge in [-0.3, -0.25) is 0 Å². The van der Waals surface area contributed by atoms with Gasteiger partial charge in [-0.1, -0.05) is 19.1 Å². The van der Waals surface area contributed by atoms with Gasteiger partial charge in [0.15, 0.2) is 0 Å². The SMILES string of the molecule is CCC=CCCCC(Cl)C=O. The molecule has 0 spiro atoms. The maximum Gasteiger partial charge on any atom is 0.137 e. The third-order valence-electron chi connectivity index (χ3n) is 1.40. The molecular formula is C9H15ClO. The number of carbonyl (C=O) groups excluding carboxylic acids is 1. The van der Waals surface area contributed by atoms with Gasteiger partial charge in [-0.2, -0.15) is 0 Å². The Kier molecular flexibility index (Phi) is 7.59. The first-order valence-electron chi connectivity index (χ1n) is 4.05. The summed E-state index contributed by atoms with van der Waals surface area (Å²) in [6.07, 6.45) is 8.97. The van der Waals surface area contributed by atoms with Crippen molar-refractivity contribution in [1.29, 1.82) is 0 Å². The van der Waals surface area contributed by atoms with Crippen LogP contribution in [0.3, 0.4) is 0 Å². The molecule has 1 unspecified atom stereocenters. The quantitative estimate of drug-likeness (QED) is 0.262. The van der Waals surface area contributed by atoms with Crippen molar-refractivity contribution in [2.24, 2.45) is 0 Å². The first-order chi connectivity index (χ1) is 5.31. The van der Waals surface area contributed by atoms with E-state index >= 15 is 0 Å². The van der Waals surface area contributed by atoms with Gasteiger partial charge in [0.05, 0.1) is 5.38 Å². The molecule has 1 nitrogen and oxygen atoms in total. The largest absolute Gasteiger partial charge is 0.302 e. The molecule has 0 aromatic carbocycles. The molecule has 0 N–H and O–H groups in total. The Morgan fingerprint density at radius 3 is 2.73 bits per heavy atom. The molecule has 0 aliphatic heterocycles. The average Bonchev–Trinajstić information content (AvgIpc) is 2.04. The molecule has 0 fully saturated rings. The summed E-state index contributed by atoms with van der Waals surface area (Å²) in [5.74, 6) is 0. The Balaban J connectivity index is 3.13. The number of alkyl halides is 1. The molecule has 64 valence electrons. The van der Waals surface area contributed by atoms with Crippen molar-refractivity contribution in [2.75, 3.05) is 0 Å².